The van der Waals surface area contributed by atoms with Crippen LogP contribution in [0.15, 0.2) is 57.9 Å². The van der Waals surface area contributed by atoms with Crippen LogP contribution >= 0.6 is 11.8 Å². The number of hydrogen-bond donors (Lipinski definition) is 1. The molecule has 7 heteroatoms. The number of carbonyl (C=O) groups excluding carboxylic acids is 1. The van der Waals surface area contributed by atoms with Gasteiger partial charge < -0.3 is 9.84 Å². The normalized spacial score (nSPS) is 16.9. The van der Waals surface area contributed by atoms with Gasteiger partial charge in [-0.25, -0.2) is 0 Å². The van der Waals surface area contributed by atoms with Crippen LogP contribution < -0.4 is 5.32 Å². The fraction of sp³-hybridized carbons (Fsp3) is 0.375. The minimum atomic E-state index is -0.0485. The Kier molecular flexibility index (Phi) is 7.04. The maximum Gasteiger partial charge on any atom is 0.241 e. The van der Waals surface area contributed by atoms with E-state index >= 15 is 0 Å². The molecule has 2 aromatic carbocycles. The van der Waals surface area contributed by atoms with Crippen molar-refractivity contribution in [3.63, 3.8) is 0 Å². The molecular formula is C24H28N4O2S. The number of nitrogens with zero attached hydrogens (tertiary/aromatic N) is 3. The highest BCUT2D eigenvalue weighted by Crippen LogP contribution is 2.28. The number of aryl methyl sites for hydroxylation is 1. The van der Waals surface area contributed by atoms with Gasteiger partial charge in [-0.1, -0.05) is 48.0 Å². The second kappa shape index (κ2) is 10.1. The molecule has 0 spiro atoms. The third-order valence-electron chi connectivity index (χ3n) is 5.42. The number of amides is 1. The van der Waals surface area contributed by atoms with Crippen molar-refractivity contribution in [2.45, 2.75) is 38.1 Å². The maximum atomic E-state index is 12.9. The molecule has 0 radical (unpaired) electrons. The first kappa shape index (κ1) is 21.6. The van der Waals surface area contributed by atoms with Crippen LogP contribution in [-0.4, -0.2) is 39.8 Å². The smallest absolute Gasteiger partial charge is 0.241 e. The predicted octanol–water partition coefficient (Wildman–Crippen LogP) is 5.01. The summed E-state index contributed by atoms with van der Waals surface area (Å²) in [5.41, 5.74) is 3.01. The van der Waals surface area contributed by atoms with Crippen molar-refractivity contribution in [2.75, 3.05) is 24.2 Å². The van der Waals surface area contributed by atoms with Crippen LogP contribution in [-0.2, 0) is 11.3 Å². The number of hydrogen-bond acceptors (Lipinski definition) is 6. The Morgan fingerprint density at radius 1 is 1.26 bits per heavy atom. The molecule has 1 amide bonds. The van der Waals surface area contributed by atoms with Crippen LogP contribution in [0.3, 0.4) is 0 Å². The van der Waals surface area contributed by atoms with Crippen molar-refractivity contribution in [2.24, 2.45) is 5.92 Å². The monoisotopic (exact) mass is 436 g/mol. The molecule has 1 saturated heterocycles. The van der Waals surface area contributed by atoms with Crippen molar-refractivity contribution < 1.29 is 9.32 Å². The van der Waals surface area contributed by atoms with Crippen molar-refractivity contribution in [1.82, 2.24) is 15.0 Å². The molecule has 3 aromatic rings. The van der Waals surface area contributed by atoms with E-state index in [0.717, 1.165) is 46.8 Å². The van der Waals surface area contributed by atoms with E-state index in [1.54, 1.807) is 11.8 Å². The van der Waals surface area contributed by atoms with E-state index in [2.05, 4.69) is 33.3 Å². The molecule has 0 bridgehead atoms. The topological polar surface area (TPSA) is 71.3 Å². The van der Waals surface area contributed by atoms with Crippen LogP contribution in [0.25, 0.3) is 11.4 Å². The molecular weight excluding hydrogens is 408 g/mol. The lowest BCUT2D eigenvalue weighted by Gasteiger charge is -2.31. The van der Waals surface area contributed by atoms with Gasteiger partial charge in [0.1, 0.15) is 0 Å². The van der Waals surface area contributed by atoms with E-state index in [9.17, 15) is 4.79 Å². The first-order valence-electron chi connectivity index (χ1n) is 10.8. The zero-order valence-corrected chi connectivity index (χ0v) is 18.8. The number of benzene rings is 2. The summed E-state index contributed by atoms with van der Waals surface area (Å²) >= 11 is 1.74. The number of likely N-dealkylation sites (tertiary alicyclic amines) is 1. The third kappa shape index (κ3) is 5.54. The standard InChI is InChI=1S/C24H28N4O2S/c1-3-31-21-12-5-4-11-20(21)25-24(29)19-10-7-13-28(15-19)16-22-26-23(27-30-22)18-9-6-8-17(2)14-18/h4-6,8-9,11-12,14,19H,3,7,10,13,15-16H2,1-2H3,(H,25,29). The van der Waals surface area contributed by atoms with Gasteiger partial charge in [-0.15, -0.1) is 11.8 Å². The van der Waals surface area contributed by atoms with Gasteiger partial charge in [0.05, 0.1) is 18.2 Å². The Morgan fingerprint density at radius 3 is 2.97 bits per heavy atom. The summed E-state index contributed by atoms with van der Waals surface area (Å²) in [4.78, 5) is 20.8. The van der Waals surface area contributed by atoms with Gasteiger partial charge in [-0.05, 0) is 50.3 Å². The summed E-state index contributed by atoms with van der Waals surface area (Å²) in [7, 11) is 0. The molecule has 1 N–H and O–H groups in total. The first-order valence-corrected chi connectivity index (χ1v) is 11.8. The van der Waals surface area contributed by atoms with Gasteiger partial charge in [-0.2, -0.15) is 4.98 Å². The highest BCUT2D eigenvalue weighted by molar-refractivity contribution is 7.99. The molecule has 6 nitrogen and oxygen atoms in total. The molecule has 1 aliphatic heterocycles. The zero-order chi connectivity index (χ0) is 21.6. The summed E-state index contributed by atoms with van der Waals surface area (Å²) in [5.74, 6) is 2.20. The summed E-state index contributed by atoms with van der Waals surface area (Å²) in [6.45, 7) is 6.34. The highest BCUT2D eigenvalue weighted by atomic mass is 32.2. The number of thioether (sulfide) groups is 1. The highest BCUT2D eigenvalue weighted by Gasteiger charge is 2.27. The van der Waals surface area contributed by atoms with Gasteiger partial charge in [-0.3, -0.25) is 9.69 Å². The van der Waals surface area contributed by atoms with Crippen LogP contribution in [0.1, 0.15) is 31.2 Å². The Bertz CT molecular complexity index is 1040. The molecule has 1 atom stereocenters. The Labute approximate surface area is 187 Å². The largest absolute Gasteiger partial charge is 0.338 e. The fourth-order valence-electron chi connectivity index (χ4n) is 3.91. The lowest BCUT2D eigenvalue weighted by atomic mass is 9.97. The number of para-hydroxylation sites is 1. The number of anilines is 1. The molecule has 31 heavy (non-hydrogen) atoms. The van der Waals surface area contributed by atoms with E-state index in [-0.39, 0.29) is 11.8 Å². The third-order valence-corrected chi connectivity index (χ3v) is 6.38. The molecule has 1 unspecified atom stereocenters. The average Bonchev–Trinajstić information content (AvgIpc) is 3.24. The minimum absolute atomic E-state index is 0.0485. The van der Waals surface area contributed by atoms with Crippen molar-refractivity contribution >= 4 is 23.4 Å². The van der Waals surface area contributed by atoms with Crippen LogP contribution in [0.2, 0.25) is 0 Å². The van der Waals surface area contributed by atoms with E-state index in [0.29, 0.717) is 24.8 Å². The average molecular weight is 437 g/mol. The van der Waals surface area contributed by atoms with Crippen molar-refractivity contribution in [1.29, 1.82) is 0 Å². The van der Waals surface area contributed by atoms with Gasteiger partial charge in [0.15, 0.2) is 0 Å². The summed E-state index contributed by atoms with van der Waals surface area (Å²) in [6.07, 6.45) is 1.87. The Morgan fingerprint density at radius 2 is 2.13 bits per heavy atom. The molecule has 1 fully saturated rings. The molecule has 1 aromatic heterocycles. The number of piperidine rings is 1. The van der Waals surface area contributed by atoms with E-state index in [1.807, 2.05) is 49.4 Å². The van der Waals surface area contributed by atoms with Gasteiger partial charge >= 0.3 is 0 Å². The second-order valence-corrected chi connectivity index (χ2v) is 9.18. The summed E-state index contributed by atoms with van der Waals surface area (Å²) < 4.78 is 5.49. The molecule has 0 saturated carbocycles. The fourth-order valence-corrected chi connectivity index (χ4v) is 4.67. The molecule has 2 heterocycles. The van der Waals surface area contributed by atoms with E-state index < -0.39 is 0 Å². The Hall–Kier alpha value is -2.64. The van der Waals surface area contributed by atoms with Crippen LogP contribution in [0.4, 0.5) is 5.69 Å². The number of carbonyl (C=O) groups is 1. The number of rotatable bonds is 7. The van der Waals surface area contributed by atoms with Gasteiger partial charge in [0.2, 0.25) is 17.6 Å². The molecule has 162 valence electrons. The summed E-state index contributed by atoms with van der Waals surface area (Å²) in [5, 5.41) is 7.28. The van der Waals surface area contributed by atoms with Gasteiger partial charge in [0.25, 0.3) is 0 Å². The molecule has 0 aliphatic carbocycles. The van der Waals surface area contributed by atoms with Crippen molar-refractivity contribution in [3.8, 4) is 11.4 Å². The molecule has 4 rings (SSSR count). The zero-order valence-electron chi connectivity index (χ0n) is 18.0. The summed E-state index contributed by atoms with van der Waals surface area (Å²) in [6, 6.07) is 16.1. The number of nitrogens with one attached hydrogen (secondary N) is 1. The van der Waals surface area contributed by atoms with Crippen LogP contribution in [0.5, 0.6) is 0 Å². The first-order chi connectivity index (χ1) is 15.1. The quantitative estimate of drug-likeness (QED) is 0.525. The molecule has 1 aliphatic rings. The predicted molar refractivity (Wildman–Crippen MR) is 124 cm³/mol. The van der Waals surface area contributed by atoms with E-state index in [1.165, 1.54) is 0 Å². The van der Waals surface area contributed by atoms with Crippen LogP contribution in [0, 0.1) is 12.8 Å². The second-order valence-electron chi connectivity index (χ2n) is 7.87. The minimum Gasteiger partial charge on any atom is -0.338 e. The maximum absolute atomic E-state index is 12.9. The Balaban J connectivity index is 1.37. The van der Waals surface area contributed by atoms with Crippen molar-refractivity contribution in [3.05, 3.63) is 60.0 Å². The lowest BCUT2D eigenvalue weighted by molar-refractivity contribution is -0.121. The van der Waals surface area contributed by atoms with Gasteiger partial charge in [0, 0.05) is 17.0 Å². The SMILES string of the molecule is CCSc1ccccc1NC(=O)C1CCCN(Cc2nc(-c3cccc(C)c3)no2)C1. The van der Waals surface area contributed by atoms with E-state index in [4.69, 9.17) is 4.52 Å². The number of aromatic nitrogens is 2. The lowest BCUT2D eigenvalue weighted by Crippen LogP contribution is -2.40.